The molecule has 0 atom stereocenters. The average Bonchev–Trinajstić information content (AvgIpc) is 2.67. The van der Waals surface area contributed by atoms with E-state index in [0.717, 1.165) is 16.9 Å². The molecule has 74 valence electrons. The standard InChI is InChI=1S/C12H11N3/c13-7-12-14-10-5-8-3-1-2-4-9(8)6-11(10)15-12/h1-6H,7,13H2,(H,14,15). The monoisotopic (exact) mass is 197 g/mol. The van der Waals surface area contributed by atoms with Crippen molar-refractivity contribution in [3.8, 4) is 0 Å². The van der Waals surface area contributed by atoms with Gasteiger partial charge in [0.1, 0.15) is 5.82 Å². The minimum Gasteiger partial charge on any atom is -0.341 e. The first-order chi connectivity index (χ1) is 7.36. The van der Waals surface area contributed by atoms with Crippen LogP contribution in [-0.2, 0) is 6.54 Å². The molecule has 0 spiro atoms. The van der Waals surface area contributed by atoms with Crippen LogP contribution in [0.1, 0.15) is 5.82 Å². The van der Waals surface area contributed by atoms with E-state index in [1.807, 2.05) is 12.1 Å². The Morgan fingerprint density at radius 1 is 1.13 bits per heavy atom. The normalized spacial score (nSPS) is 11.3. The van der Waals surface area contributed by atoms with Gasteiger partial charge in [0.2, 0.25) is 0 Å². The van der Waals surface area contributed by atoms with Crippen molar-refractivity contribution in [2.24, 2.45) is 5.73 Å². The summed E-state index contributed by atoms with van der Waals surface area (Å²) in [6.07, 6.45) is 0. The van der Waals surface area contributed by atoms with Crippen LogP contribution < -0.4 is 5.73 Å². The smallest absolute Gasteiger partial charge is 0.121 e. The van der Waals surface area contributed by atoms with Crippen LogP contribution in [0, 0.1) is 0 Å². The second-order valence-corrected chi connectivity index (χ2v) is 3.60. The van der Waals surface area contributed by atoms with Crippen molar-refractivity contribution in [1.29, 1.82) is 0 Å². The highest BCUT2D eigenvalue weighted by Crippen LogP contribution is 2.20. The predicted octanol–water partition coefficient (Wildman–Crippen LogP) is 2.17. The van der Waals surface area contributed by atoms with Crippen molar-refractivity contribution in [2.45, 2.75) is 6.54 Å². The number of aromatic nitrogens is 2. The maximum absolute atomic E-state index is 5.55. The summed E-state index contributed by atoms with van der Waals surface area (Å²) in [4.78, 5) is 7.60. The number of nitrogens with zero attached hydrogens (tertiary/aromatic N) is 1. The quantitative estimate of drug-likeness (QED) is 0.628. The van der Waals surface area contributed by atoms with Gasteiger partial charge in [0.05, 0.1) is 17.6 Å². The summed E-state index contributed by atoms with van der Waals surface area (Å²) in [6, 6.07) is 12.4. The van der Waals surface area contributed by atoms with Crippen LogP contribution in [-0.4, -0.2) is 9.97 Å². The number of imidazole rings is 1. The molecule has 1 aromatic heterocycles. The Kier molecular flexibility index (Phi) is 1.73. The SMILES string of the molecule is NCc1nc2cc3ccccc3cc2[nH]1. The van der Waals surface area contributed by atoms with Crippen molar-refractivity contribution >= 4 is 21.8 Å². The van der Waals surface area contributed by atoms with Gasteiger partial charge in [0.15, 0.2) is 0 Å². The van der Waals surface area contributed by atoms with Crippen LogP contribution in [0.4, 0.5) is 0 Å². The summed E-state index contributed by atoms with van der Waals surface area (Å²) in [7, 11) is 0. The van der Waals surface area contributed by atoms with E-state index in [2.05, 4.69) is 34.2 Å². The first kappa shape index (κ1) is 8.44. The Balaban J connectivity index is 2.39. The van der Waals surface area contributed by atoms with Gasteiger partial charge >= 0.3 is 0 Å². The van der Waals surface area contributed by atoms with E-state index in [4.69, 9.17) is 5.73 Å². The molecule has 0 aliphatic heterocycles. The van der Waals surface area contributed by atoms with Crippen molar-refractivity contribution in [3.63, 3.8) is 0 Å². The van der Waals surface area contributed by atoms with Gasteiger partial charge in [-0.2, -0.15) is 0 Å². The molecule has 0 fully saturated rings. The van der Waals surface area contributed by atoms with E-state index in [-0.39, 0.29) is 0 Å². The molecule has 2 aromatic carbocycles. The van der Waals surface area contributed by atoms with Crippen LogP contribution in [0.3, 0.4) is 0 Å². The van der Waals surface area contributed by atoms with Gasteiger partial charge in [-0.05, 0) is 22.9 Å². The first-order valence-electron chi connectivity index (χ1n) is 4.94. The van der Waals surface area contributed by atoms with Crippen molar-refractivity contribution in [2.75, 3.05) is 0 Å². The molecule has 15 heavy (non-hydrogen) atoms. The molecule has 3 aromatic rings. The maximum atomic E-state index is 5.55. The van der Waals surface area contributed by atoms with Crippen molar-refractivity contribution in [1.82, 2.24) is 9.97 Å². The van der Waals surface area contributed by atoms with Crippen LogP contribution >= 0.6 is 0 Å². The second kappa shape index (κ2) is 3.07. The van der Waals surface area contributed by atoms with Crippen molar-refractivity contribution < 1.29 is 0 Å². The first-order valence-corrected chi connectivity index (χ1v) is 4.94. The van der Waals surface area contributed by atoms with E-state index in [9.17, 15) is 0 Å². The Morgan fingerprint density at radius 2 is 1.87 bits per heavy atom. The maximum Gasteiger partial charge on any atom is 0.121 e. The third-order valence-corrected chi connectivity index (χ3v) is 2.59. The van der Waals surface area contributed by atoms with Gasteiger partial charge < -0.3 is 10.7 Å². The Labute approximate surface area is 86.9 Å². The van der Waals surface area contributed by atoms with Gasteiger partial charge in [0, 0.05) is 0 Å². The Bertz CT molecular complexity index is 572. The third-order valence-electron chi connectivity index (χ3n) is 2.59. The van der Waals surface area contributed by atoms with Crippen LogP contribution in [0.25, 0.3) is 21.8 Å². The molecule has 3 nitrogen and oxygen atoms in total. The number of fused-ring (bicyclic) bond motifs is 2. The molecule has 3 rings (SSSR count). The molecule has 0 unspecified atom stereocenters. The molecule has 1 heterocycles. The van der Waals surface area contributed by atoms with E-state index in [1.54, 1.807) is 0 Å². The Hall–Kier alpha value is -1.87. The molecule has 0 bridgehead atoms. The fourth-order valence-electron chi connectivity index (χ4n) is 1.85. The number of benzene rings is 2. The minimum atomic E-state index is 0.449. The number of hydrogen-bond donors (Lipinski definition) is 2. The molecular formula is C12H11N3. The lowest BCUT2D eigenvalue weighted by atomic mass is 10.1. The van der Waals surface area contributed by atoms with Crippen LogP contribution in [0.2, 0.25) is 0 Å². The minimum absolute atomic E-state index is 0.449. The molecular weight excluding hydrogens is 186 g/mol. The third kappa shape index (κ3) is 1.28. The lowest BCUT2D eigenvalue weighted by Crippen LogP contribution is -1.97. The lowest BCUT2D eigenvalue weighted by molar-refractivity contribution is 0.958. The molecule has 3 heteroatoms. The van der Waals surface area contributed by atoms with E-state index in [1.165, 1.54) is 10.8 Å². The van der Waals surface area contributed by atoms with Crippen molar-refractivity contribution in [3.05, 3.63) is 42.2 Å². The summed E-state index contributed by atoms with van der Waals surface area (Å²) in [5.41, 5.74) is 7.58. The average molecular weight is 197 g/mol. The molecule has 0 amide bonds. The highest BCUT2D eigenvalue weighted by molar-refractivity contribution is 5.95. The van der Waals surface area contributed by atoms with Gasteiger partial charge in [-0.15, -0.1) is 0 Å². The summed E-state index contributed by atoms with van der Waals surface area (Å²) >= 11 is 0. The fraction of sp³-hybridized carbons (Fsp3) is 0.0833. The molecule has 0 saturated carbocycles. The summed E-state index contributed by atoms with van der Waals surface area (Å²) in [5.74, 6) is 0.834. The zero-order chi connectivity index (χ0) is 10.3. The highest BCUT2D eigenvalue weighted by Gasteiger charge is 2.02. The molecule has 0 radical (unpaired) electrons. The number of aromatic amines is 1. The van der Waals surface area contributed by atoms with Crippen LogP contribution in [0.15, 0.2) is 36.4 Å². The molecule has 0 aliphatic rings. The zero-order valence-corrected chi connectivity index (χ0v) is 8.20. The highest BCUT2D eigenvalue weighted by atomic mass is 14.9. The molecule has 0 saturated heterocycles. The number of H-pyrrole nitrogens is 1. The van der Waals surface area contributed by atoms with Gasteiger partial charge in [-0.1, -0.05) is 24.3 Å². The Morgan fingerprint density at radius 3 is 2.60 bits per heavy atom. The lowest BCUT2D eigenvalue weighted by Gasteiger charge is -1.95. The fourth-order valence-corrected chi connectivity index (χ4v) is 1.85. The topological polar surface area (TPSA) is 54.7 Å². The summed E-state index contributed by atoms with van der Waals surface area (Å²) < 4.78 is 0. The number of nitrogens with two attached hydrogens (primary N) is 1. The van der Waals surface area contributed by atoms with Gasteiger partial charge in [0.25, 0.3) is 0 Å². The number of hydrogen-bond acceptors (Lipinski definition) is 2. The number of nitrogens with one attached hydrogen (secondary N) is 1. The molecule has 0 aliphatic carbocycles. The second-order valence-electron chi connectivity index (χ2n) is 3.60. The number of rotatable bonds is 1. The largest absolute Gasteiger partial charge is 0.341 e. The summed E-state index contributed by atoms with van der Waals surface area (Å²) in [5, 5.41) is 2.43. The van der Waals surface area contributed by atoms with E-state index < -0.39 is 0 Å². The predicted molar refractivity (Wildman–Crippen MR) is 61.5 cm³/mol. The van der Waals surface area contributed by atoms with Gasteiger partial charge in [-0.25, -0.2) is 4.98 Å². The van der Waals surface area contributed by atoms with E-state index in [0.29, 0.717) is 6.54 Å². The zero-order valence-electron chi connectivity index (χ0n) is 8.20. The van der Waals surface area contributed by atoms with Crippen LogP contribution in [0.5, 0.6) is 0 Å². The molecule has 3 N–H and O–H groups in total. The van der Waals surface area contributed by atoms with E-state index >= 15 is 0 Å². The van der Waals surface area contributed by atoms with Gasteiger partial charge in [-0.3, -0.25) is 0 Å². The summed E-state index contributed by atoms with van der Waals surface area (Å²) in [6.45, 7) is 0.449.